The van der Waals surface area contributed by atoms with Crippen molar-refractivity contribution in [3.8, 4) is 0 Å². The number of nitrogens with one attached hydrogen (secondary N) is 1. The van der Waals surface area contributed by atoms with E-state index in [1.54, 1.807) is 17.4 Å². The highest BCUT2D eigenvalue weighted by molar-refractivity contribution is 7.09. The third kappa shape index (κ3) is 3.31. The van der Waals surface area contributed by atoms with Gasteiger partial charge < -0.3 is 5.32 Å². The second-order valence-corrected chi connectivity index (χ2v) is 5.54. The van der Waals surface area contributed by atoms with E-state index >= 15 is 0 Å². The van der Waals surface area contributed by atoms with Gasteiger partial charge in [-0.3, -0.25) is 4.79 Å². The van der Waals surface area contributed by atoms with Gasteiger partial charge in [-0.2, -0.15) is 0 Å². The largest absolute Gasteiger partial charge is 0.326 e. The second-order valence-electron chi connectivity index (χ2n) is 4.04. The number of thiazole rings is 1. The van der Waals surface area contributed by atoms with Gasteiger partial charge in [-0.15, -0.1) is 11.3 Å². The van der Waals surface area contributed by atoms with Crippen molar-refractivity contribution >= 4 is 34.5 Å². The van der Waals surface area contributed by atoms with Gasteiger partial charge in [-0.25, -0.2) is 4.98 Å². The Morgan fingerprint density at radius 3 is 2.83 bits per heavy atom. The molecule has 0 aliphatic carbocycles. The molecule has 2 rings (SSSR count). The standard InChI is InChI=1S/C13H13ClN2OS/c1-8-5-10(14)3-4-12(8)16-13(17)6-11-7-18-9(2)15-11/h3-5,7H,6H2,1-2H3,(H,16,17). The van der Waals surface area contributed by atoms with Crippen molar-refractivity contribution in [3.05, 3.63) is 44.9 Å². The Morgan fingerprint density at radius 2 is 2.22 bits per heavy atom. The molecule has 0 unspecified atom stereocenters. The van der Waals surface area contributed by atoms with Crippen molar-refractivity contribution in [2.75, 3.05) is 5.32 Å². The smallest absolute Gasteiger partial charge is 0.230 e. The molecule has 0 aliphatic rings. The number of aromatic nitrogens is 1. The number of hydrogen-bond donors (Lipinski definition) is 1. The Balaban J connectivity index is 2.03. The third-order valence-corrected chi connectivity index (χ3v) is 3.53. The molecule has 1 N–H and O–H groups in total. The summed E-state index contributed by atoms with van der Waals surface area (Å²) in [7, 11) is 0. The summed E-state index contributed by atoms with van der Waals surface area (Å²) in [5.74, 6) is -0.0641. The molecule has 0 spiro atoms. The van der Waals surface area contributed by atoms with Crippen molar-refractivity contribution in [3.63, 3.8) is 0 Å². The minimum Gasteiger partial charge on any atom is -0.326 e. The lowest BCUT2D eigenvalue weighted by Gasteiger charge is -2.07. The Labute approximate surface area is 115 Å². The van der Waals surface area contributed by atoms with Crippen LogP contribution < -0.4 is 5.32 Å². The number of rotatable bonds is 3. The minimum atomic E-state index is -0.0641. The first kappa shape index (κ1) is 13.1. The van der Waals surface area contributed by atoms with Crippen LogP contribution in [-0.2, 0) is 11.2 Å². The lowest BCUT2D eigenvalue weighted by atomic mass is 10.2. The summed E-state index contributed by atoms with van der Waals surface area (Å²) in [4.78, 5) is 16.1. The fourth-order valence-corrected chi connectivity index (χ4v) is 2.45. The van der Waals surface area contributed by atoms with E-state index in [1.807, 2.05) is 31.4 Å². The van der Waals surface area contributed by atoms with Gasteiger partial charge in [-0.1, -0.05) is 11.6 Å². The van der Waals surface area contributed by atoms with Gasteiger partial charge in [0.2, 0.25) is 5.91 Å². The average Bonchev–Trinajstić information content (AvgIpc) is 2.68. The summed E-state index contributed by atoms with van der Waals surface area (Å²) in [5, 5.41) is 6.41. The third-order valence-electron chi connectivity index (χ3n) is 2.47. The molecule has 1 aromatic carbocycles. The van der Waals surface area contributed by atoms with Crippen LogP contribution in [0.2, 0.25) is 5.02 Å². The Hall–Kier alpha value is -1.39. The van der Waals surface area contributed by atoms with Crippen LogP contribution in [0.1, 0.15) is 16.3 Å². The van der Waals surface area contributed by atoms with E-state index < -0.39 is 0 Å². The fraction of sp³-hybridized carbons (Fsp3) is 0.231. The van der Waals surface area contributed by atoms with Crippen molar-refractivity contribution in [1.82, 2.24) is 4.98 Å². The molecule has 5 heteroatoms. The number of hydrogen-bond acceptors (Lipinski definition) is 3. The molecule has 0 fully saturated rings. The molecule has 1 aromatic heterocycles. The van der Waals surface area contributed by atoms with E-state index in [4.69, 9.17) is 11.6 Å². The maximum Gasteiger partial charge on any atom is 0.230 e. The first-order valence-electron chi connectivity index (χ1n) is 5.51. The monoisotopic (exact) mass is 280 g/mol. The van der Waals surface area contributed by atoms with E-state index in [0.717, 1.165) is 22.0 Å². The summed E-state index contributed by atoms with van der Waals surface area (Å²) >= 11 is 7.41. The van der Waals surface area contributed by atoms with Crippen LogP contribution in [0.15, 0.2) is 23.6 Å². The van der Waals surface area contributed by atoms with Crippen molar-refractivity contribution in [2.45, 2.75) is 20.3 Å². The van der Waals surface area contributed by atoms with E-state index in [-0.39, 0.29) is 5.91 Å². The SMILES string of the molecule is Cc1nc(CC(=O)Nc2ccc(Cl)cc2C)cs1. The van der Waals surface area contributed by atoms with E-state index in [2.05, 4.69) is 10.3 Å². The molecule has 0 radical (unpaired) electrons. The lowest BCUT2D eigenvalue weighted by molar-refractivity contribution is -0.115. The predicted molar refractivity (Wildman–Crippen MR) is 75.4 cm³/mol. The van der Waals surface area contributed by atoms with Gasteiger partial charge >= 0.3 is 0 Å². The molecule has 0 saturated carbocycles. The maximum absolute atomic E-state index is 11.8. The minimum absolute atomic E-state index is 0.0641. The zero-order valence-corrected chi connectivity index (χ0v) is 11.7. The Kier molecular flexibility index (Phi) is 3.99. The number of nitrogens with zero attached hydrogens (tertiary/aromatic N) is 1. The second kappa shape index (κ2) is 5.50. The molecule has 18 heavy (non-hydrogen) atoms. The van der Waals surface area contributed by atoms with Gasteiger partial charge in [-0.05, 0) is 37.6 Å². The number of halogens is 1. The van der Waals surface area contributed by atoms with Crippen LogP contribution in [0.5, 0.6) is 0 Å². The molecule has 1 amide bonds. The number of carbonyl (C=O) groups excluding carboxylic acids is 1. The summed E-state index contributed by atoms with van der Waals surface area (Å²) in [5.41, 5.74) is 2.54. The highest BCUT2D eigenvalue weighted by Crippen LogP contribution is 2.19. The summed E-state index contributed by atoms with van der Waals surface area (Å²) in [6.07, 6.45) is 0.298. The highest BCUT2D eigenvalue weighted by atomic mass is 35.5. The van der Waals surface area contributed by atoms with Crippen LogP contribution in [0.4, 0.5) is 5.69 Å². The number of anilines is 1. The van der Waals surface area contributed by atoms with E-state index in [9.17, 15) is 4.79 Å². The van der Waals surface area contributed by atoms with E-state index in [1.165, 1.54) is 0 Å². The summed E-state index contributed by atoms with van der Waals surface area (Å²) in [6.45, 7) is 3.84. The van der Waals surface area contributed by atoms with Crippen LogP contribution in [0.25, 0.3) is 0 Å². The van der Waals surface area contributed by atoms with Gasteiger partial charge in [0.05, 0.1) is 17.1 Å². The number of benzene rings is 1. The lowest BCUT2D eigenvalue weighted by Crippen LogP contribution is -2.15. The Bertz CT molecular complexity index is 580. The molecule has 0 aliphatic heterocycles. The zero-order valence-electron chi connectivity index (χ0n) is 10.2. The van der Waals surface area contributed by atoms with E-state index in [0.29, 0.717) is 11.4 Å². The zero-order chi connectivity index (χ0) is 13.1. The molecular formula is C13H13ClN2OS. The molecule has 0 bridgehead atoms. The molecule has 3 nitrogen and oxygen atoms in total. The normalized spacial score (nSPS) is 10.4. The maximum atomic E-state index is 11.8. The summed E-state index contributed by atoms with van der Waals surface area (Å²) < 4.78 is 0. The topological polar surface area (TPSA) is 42.0 Å². The van der Waals surface area contributed by atoms with Crippen LogP contribution in [0, 0.1) is 13.8 Å². The van der Waals surface area contributed by atoms with Gasteiger partial charge in [0.15, 0.2) is 0 Å². The van der Waals surface area contributed by atoms with Gasteiger partial charge in [0.1, 0.15) is 0 Å². The predicted octanol–water partition coefficient (Wildman–Crippen LogP) is 3.59. The van der Waals surface area contributed by atoms with Crippen molar-refractivity contribution in [2.24, 2.45) is 0 Å². The van der Waals surface area contributed by atoms with Crippen LogP contribution in [-0.4, -0.2) is 10.9 Å². The molecule has 2 aromatic rings. The van der Waals surface area contributed by atoms with Gasteiger partial charge in [0, 0.05) is 16.1 Å². The molecular weight excluding hydrogens is 268 g/mol. The molecule has 94 valence electrons. The van der Waals surface area contributed by atoms with Crippen LogP contribution in [0.3, 0.4) is 0 Å². The summed E-state index contributed by atoms with van der Waals surface area (Å²) in [6, 6.07) is 5.39. The number of carbonyl (C=O) groups is 1. The number of amides is 1. The van der Waals surface area contributed by atoms with Gasteiger partial charge in [0.25, 0.3) is 0 Å². The quantitative estimate of drug-likeness (QED) is 0.933. The molecule has 0 saturated heterocycles. The highest BCUT2D eigenvalue weighted by Gasteiger charge is 2.08. The first-order valence-corrected chi connectivity index (χ1v) is 6.77. The number of aryl methyl sites for hydroxylation is 2. The Morgan fingerprint density at radius 1 is 1.44 bits per heavy atom. The van der Waals surface area contributed by atoms with Crippen molar-refractivity contribution < 1.29 is 4.79 Å². The molecule has 1 heterocycles. The first-order chi connectivity index (χ1) is 8.54. The van der Waals surface area contributed by atoms with Crippen molar-refractivity contribution in [1.29, 1.82) is 0 Å². The fourth-order valence-electron chi connectivity index (χ4n) is 1.62. The molecule has 0 atom stereocenters. The van der Waals surface area contributed by atoms with Crippen LogP contribution >= 0.6 is 22.9 Å². The average molecular weight is 281 g/mol.